The zero-order valence-electron chi connectivity index (χ0n) is 6.17. The van der Waals surface area contributed by atoms with Gasteiger partial charge in [0.05, 0.1) is 0 Å². The van der Waals surface area contributed by atoms with Crippen LogP contribution in [0.5, 0.6) is 0 Å². The van der Waals surface area contributed by atoms with Crippen molar-refractivity contribution in [3.63, 3.8) is 0 Å². The quantitative estimate of drug-likeness (QED) is 0.474. The van der Waals surface area contributed by atoms with Gasteiger partial charge >= 0.3 is 0 Å². The van der Waals surface area contributed by atoms with Gasteiger partial charge in [-0.15, -0.1) is 0 Å². The molecule has 0 aromatic carbocycles. The molecular formula is C7H14N2O. The Morgan fingerprint density at radius 3 is 2.90 bits per heavy atom. The van der Waals surface area contributed by atoms with Gasteiger partial charge in [-0.1, -0.05) is 0 Å². The van der Waals surface area contributed by atoms with Gasteiger partial charge in [-0.2, -0.15) is 0 Å². The fourth-order valence-electron chi connectivity index (χ4n) is 2.36. The Morgan fingerprint density at radius 2 is 2.50 bits per heavy atom. The summed E-state index contributed by atoms with van der Waals surface area (Å²) in [5.74, 6) is 1.49. The molecule has 0 amide bonds. The molecule has 0 aromatic heterocycles. The van der Waals surface area contributed by atoms with E-state index >= 15 is 0 Å². The van der Waals surface area contributed by atoms with E-state index < -0.39 is 0 Å². The van der Waals surface area contributed by atoms with Gasteiger partial charge in [0.25, 0.3) is 0 Å². The van der Waals surface area contributed by atoms with E-state index in [9.17, 15) is 0 Å². The average Bonchev–Trinajstić information content (AvgIpc) is 2.44. The second-order valence-electron chi connectivity index (χ2n) is 3.51. The molecule has 2 bridgehead atoms. The number of rotatable bonds is 2. The molecule has 3 aliphatic rings. The Labute approximate surface area is 60.8 Å². The molecule has 1 aliphatic carbocycles. The van der Waals surface area contributed by atoms with E-state index in [1.807, 2.05) is 6.92 Å². The second-order valence-corrected chi connectivity index (χ2v) is 3.51. The third-order valence-electron chi connectivity index (χ3n) is 2.99. The molecule has 2 aliphatic heterocycles. The summed E-state index contributed by atoms with van der Waals surface area (Å²) in [6.45, 7) is 3.19. The summed E-state index contributed by atoms with van der Waals surface area (Å²) in [6, 6.07) is 0.943. The largest absolute Gasteiger partial charge is 0.317 e. The van der Waals surface area contributed by atoms with E-state index in [-0.39, 0.29) is 6.04 Å². The molecule has 1 saturated carbocycles. The van der Waals surface area contributed by atoms with E-state index in [1.54, 1.807) is 0 Å². The molecule has 3 fully saturated rings. The molecule has 2 heterocycles. The molecule has 3 heteroatoms. The highest BCUT2D eigenvalue weighted by Gasteiger charge is 2.48. The summed E-state index contributed by atoms with van der Waals surface area (Å²) in [5.41, 5.74) is 2.33. The zero-order chi connectivity index (χ0) is 7.14. The Kier molecular flexibility index (Phi) is 1.44. The normalized spacial score (nSPS) is 46.8. The number of nitrogens with one attached hydrogen (secondary N) is 2. The highest BCUT2D eigenvalue weighted by atomic mass is 16.5. The summed E-state index contributed by atoms with van der Waals surface area (Å²) in [5, 5.41) is 12.1. The lowest BCUT2D eigenvalue weighted by molar-refractivity contribution is 0.0557. The molecule has 3 rings (SSSR count). The molecule has 3 nitrogen and oxygen atoms in total. The first-order valence-electron chi connectivity index (χ1n) is 3.96. The third-order valence-corrected chi connectivity index (χ3v) is 2.99. The van der Waals surface area contributed by atoms with Crippen LogP contribution >= 0.6 is 0 Å². The monoisotopic (exact) mass is 142 g/mol. The van der Waals surface area contributed by atoms with Crippen molar-refractivity contribution >= 4 is 0 Å². The maximum absolute atomic E-state index is 8.66. The van der Waals surface area contributed by atoms with Gasteiger partial charge in [0.2, 0.25) is 0 Å². The summed E-state index contributed by atoms with van der Waals surface area (Å²) in [7, 11) is 0. The van der Waals surface area contributed by atoms with Gasteiger partial charge in [0, 0.05) is 12.1 Å². The van der Waals surface area contributed by atoms with Crippen molar-refractivity contribution in [2.75, 3.05) is 6.54 Å². The maximum atomic E-state index is 8.66. The molecule has 4 unspecified atom stereocenters. The summed E-state index contributed by atoms with van der Waals surface area (Å²) < 4.78 is 0. The van der Waals surface area contributed by atoms with Crippen LogP contribution in [0.3, 0.4) is 0 Å². The number of hydroxylamine groups is 1. The maximum Gasteiger partial charge on any atom is 0.0337 e. The smallest absolute Gasteiger partial charge is 0.0337 e. The minimum atomic E-state index is 0.263. The summed E-state index contributed by atoms with van der Waals surface area (Å²) >= 11 is 0. The van der Waals surface area contributed by atoms with Crippen LogP contribution in [0.1, 0.15) is 13.3 Å². The Hall–Kier alpha value is -0.120. The lowest BCUT2D eigenvalue weighted by Crippen LogP contribution is -2.48. The van der Waals surface area contributed by atoms with Crippen molar-refractivity contribution in [2.24, 2.45) is 11.8 Å². The summed E-state index contributed by atoms with van der Waals surface area (Å²) in [4.78, 5) is 0. The van der Waals surface area contributed by atoms with Gasteiger partial charge in [0.15, 0.2) is 0 Å². The first kappa shape index (κ1) is 6.58. The van der Waals surface area contributed by atoms with Crippen LogP contribution in [0.25, 0.3) is 0 Å². The van der Waals surface area contributed by atoms with E-state index in [2.05, 4.69) is 10.8 Å². The van der Waals surface area contributed by atoms with Crippen molar-refractivity contribution in [3.8, 4) is 0 Å². The van der Waals surface area contributed by atoms with Crippen molar-refractivity contribution in [3.05, 3.63) is 0 Å². The molecule has 0 spiro atoms. The van der Waals surface area contributed by atoms with E-state index in [4.69, 9.17) is 5.21 Å². The number of hydrogen-bond donors (Lipinski definition) is 3. The van der Waals surface area contributed by atoms with Gasteiger partial charge < -0.3 is 10.5 Å². The van der Waals surface area contributed by atoms with Gasteiger partial charge in [-0.05, 0) is 31.7 Å². The predicted molar refractivity (Wildman–Crippen MR) is 37.8 cm³/mol. The Bertz CT molecular complexity index is 126. The van der Waals surface area contributed by atoms with Crippen molar-refractivity contribution in [1.29, 1.82) is 0 Å². The van der Waals surface area contributed by atoms with Crippen LogP contribution in [-0.4, -0.2) is 23.8 Å². The zero-order valence-corrected chi connectivity index (χ0v) is 6.17. The van der Waals surface area contributed by atoms with Crippen molar-refractivity contribution in [1.82, 2.24) is 10.8 Å². The topological polar surface area (TPSA) is 44.3 Å². The first-order valence-corrected chi connectivity index (χ1v) is 3.96. The Balaban J connectivity index is 1.95. The second kappa shape index (κ2) is 2.19. The minimum Gasteiger partial charge on any atom is -0.317 e. The predicted octanol–water partition coefficient (Wildman–Crippen LogP) is -0.0384. The van der Waals surface area contributed by atoms with Crippen LogP contribution in [0, 0.1) is 11.8 Å². The fraction of sp³-hybridized carbons (Fsp3) is 1.00. The Morgan fingerprint density at radius 1 is 1.70 bits per heavy atom. The van der Waals surface area contributed by atoms with Crippen LogP contribution in [-0.2, 0) is 0 Å². The van der Waals surface area contributed by atoms with Crippen LogP contribution in [0.4, 0.5) is 0 Å². The van der Waals surface area contributed by atoms with E-state index in [0.717, 1.165) is 12.5 Å². The van der Waals surface area contributed by atoms with E-state index in [1.165, 1.54) is 6.42 Å². The van der Waals surface area contributed by atoms with Crippen LogP contribution < -0.4 is 10.8 Å². The van der Waals surface area contributed by atoms with Crippen molar-refractivity contribution < 1.29 is 5.21 Å². The molecule has 58 valence electrons. The molecular weight excluding hydrogens is 128 g/mol. The molecule has 2 saturated heterocycles. The highest BCUT2D eigenvalue weighted by molar-refractivity contribution is 5.04. The number of fused-ring (bicyclic) bond motifs is 1. The van der Waals surface area contributed by atoms with Gasteiger partial charge in [-0.3, -0.25) is 0 Å². The standard InChI is InChI=1S/C7H14N2O/c1-4(9-10)7-5-2-6(7)8-3-5/h4-10H,2-3H2,1H3. The average molecular weight is 142 g/mol. The van der Waals surface area contributed by atoms with Crippen LogP contribution in [0.15, 0.2) is 0 Å². The molecule has 10 heavy (non-hydrogen) atoms. The third kappa shape index (κ3) is 0.713. The molecule has 0 aromatic rings. The highest BCUT2D eigenvalue weighted by Crippen LogP contribution is 2.41. The lowest BCUT2D eigenvalue weighted by Gasteiger charge is -2.38. The SMILES string of the molecule is CC(NO)C1C2CNC1C2. The summed E-state index contributed by atoms with van der Waals surface area (Å²) in [6.07, 6.45) is 1.32. The number of hydrogen-bond acceptors (Lipinski definition) is 3. The lowest BCUT2D eigenvalue weighted by atomic mass is 9.70. The molecule has 4 atom stereocenters. The van der Waals surface area contributed by atoms with Crippen molar-refractivity contribution in [2.45, 2.75) is 25.4 Å². The van der Waals surface area contributed by atoms with E-state index in [0.29, 0.717) is 12.0 Å². The first-order chi connectivity index (χ1) is 4.83. The molecule has 3 N–H and O–H groups in total. The van der Waals surface area contributed by atoms with Crippen LogP contribution in [0.2, 0.25) is 0 Å². The molecule has 0 radical (unpaired) electrons. The van der Waals surface area contributed by atoms with Gasteiger partial charge in [-0.25, -0.2) is 5.48 Å². The minimum absolute atomic E-state index is 0.263. The van der Waals surface area contributed by atoms with Gasteiger partial charge in [0.1, 0.15) is 0 Å². The fourth-order valence-corrected chi connectivity index (χ4v) is 2.36.